The van der Waals surface area contributed by atoms with Crippen LogP contribution in [0.2, 0.25) is 0 Å². The molecule has 0 saturated carbocycles. The summed E-state index contributed by atoms with van der Waals surface area (Å²) in [7, 11) is -1.25. The van der Waals surface area contributed by atoms with Crippen molar-refractivity contribution in [2.45, 2.75) is 78.0 Å². The van der Waals surface area contributed by atoms with Crippen molar-refractivity contribution in [3.05, 3.63) is 72.8 Å². The van der Waals surface area contributed by atoms with Gasteiger partial charge in [0.25, 0.3) is 0 Å². The Labute approximate surface area is 215 Å². The van der Waals surface area contributed by atoms with Gasteiger partial charge in [-0.3, -0.25) is 0 Å². The summed E-state index contributed by atoms with van der Waals surface area (Å²) in [5.41, 5.74) is 8.45. The van der Waals surface area contributed by atoms with E-state index in [2.05, 4.69) is 128 Å². The van der Waals surface area contributed by atoms with Gasteiger partial charge in [-0.05, 0) is 78.6 Å². The molecule has 0 saturated heterocycles. The first kappa shape index (κ1) is 28.3. The number of hydrogen-bond acceptors (Lipinski definition) is 0. The molecule has 0 aromatic heterocycles. The van der Waals surface area contributed by atoms with E-state index in [1.54, 1.807) is 10.6 Å². The second kappa shape index (κ2) is 12.6. The molecule has 0 atom stereocenters. The topological polar surface area (TPSA) is 0 Å². The van der Waals surface area contributed by atoms with E-state index in [9.17, 15) is 0 Å². The van der Waals surface area contributed by atoms with Crippen molar-refractivity contribution in [2.75, 3.05) is 0 Å². The first-order valence-electron chi connectivity index (χ1n) is 12.2. The van der Waals surface area contributed by atoms with Gasteiger partial charge >= 0.3 is 0 Å². The third-order valence-electron chi connectivity index (χ3n) is 6.47. The minimum Gasteiger partial charge on any atom is -0.0614 e. The van der Waals surface area contributed by atoms with Crippen LogP contribution in [0.5, 0.6) is 0 Å². The molecule has 3 rings (SSSR count). The third kappa shape index (κ3) is 6.57. The van der Waals surface area contributed by atoms with Gasteiger partial charge in [0.2, 0.25) is 0 Å². The van der Waals surface area contributed by atoms with E-state index in [-0.39, 0.29) is 16.5 Å². The second-order valence-electron chi connectivity index (χ2n) is 10.2. The molecule has 3 aromatic carbocycles. The molecule has 0 spiro atoms. The second-order valence-corrected chi connectivity index (χ2v) is 17.7. The summed E-state index contributed by atoms with van der Waals surface area (Å²) in [5, 5.41) is 3.17. The Hall–Kier alpha value is -0.986. The van der Waals surface area contributed by atoms with Crippen LogP contribution in [0.3, 0.4) is 0 Å². The van der Waals surface area contributed by atoms with Crippen molar-refractivity contribution in [3.63, 3.8) is 0 Å². The summed E-state index contributed by atoms with van der Waals surface area (Å²) in [6, 6.07) is 27.7. The van der Waals surface area contributed by atoms with E-state index >= 15 is 0 Å². The molecule has 0 N–H and O–H groups in total. The summed E-state index contributed by atoms with van der Waals surface area (Å²) in [4.78, 5) is 0. The molecule has 0 heterocycles. The molecule has 0 unspecified atom stereocenters. The maximum atomic E-state index is 2.40. The normalized spacial score (nSPS) is 11.8. The van der Waals surface area contributed by atoms with Gasteiger partial charge in [0, 0.05) is 43.5 Å². The summed E-state index contributed by atoms with van der Waals surface area (Å²) >= 11 is 0. The molecule has 0 aliphatic heterocycles. The fraction of sp³-hybridized carbons (Fsp3) is 0.400. The van der Waals surface area contributed by atoms with Crippen molar-refractivity contribution >= 4 is 26.5 Å². The standard InChI is InChI=1S/C30H40P2.Ni/c1-21(2)31(22(3)4)29-15-11-9-13-27(29)25-17-19-26(20-18-25)28-14-10-12-16-30(28)32(23(5)6)24(7)8;/h9-24H,1-8H3;/p+2. The van der Waals surface area contributed by atoms with Gasteiger partial charge in [0.05, 0.1) is 33.2 Å². The number of benzene rings is 3. The Bertz CT molecular complexity index is 907. The number of rotatable bonds is 8. The Balaban J connectivity index is 0.00000385. The van der Waals surface area contributed by atoms with Crippen LogP contribution >= 0.6 is 15.8 Å². The third-order valence-corrected chi connectivity index (χ3v) is 13.6. The van der Waals surface area contributed by atoms with Crippen LogP contribution in [0.15, 0.2) is 72.8 Å². The summed E-state index contributed by atoms with van der Waals surface area (Å²) < 4.78 is 0. The van der Waals surface area contributed by atoms with Gasteiger partial charge in [-0.1, -0.05) is 60.7 Å². The van der Waals surface area contributed by atoms with Gasteiger partial charge in [0.15, 0.2) is 0 Å². The molecule has 3 aromatic rings. The SMILES string of the molecule is CC(C)[PH+](c1ccccc1-c1ccc(-c2ccccc2[PH+](C(C)C)C(C)C)cc1)C(C)C.[Ni]. The van der Waals surface area contributed by atoms with Crippen LogP contribution < -0.4 is 10.6 Å². The molecular formula is C30H42NiP2+2. The van der Waals surface area contributed by atoms with Gasteiger partial charge in [-0.2, -0.15) is 0 Å². The predicted molar refractivity (Wildman–Crippen MR) is 154 cm³/mol. The predicted octanol–water partition coefficient (Wildman–Crippen LogP) is 8.33. The van der Waals surface area contributed by atoms with Crippen molar-refractivity contribution in [1.82, 2.24) is 0 Å². The van der Waals surface area contributed by atoms with Gasteiger partial charge in [-0.15, -0.1) is 0 Å². The monoisotopic (exact) mass is 522 g/mol. The Kier molecular flexibility index (Phi) is 10.8. The minimum atomic E-state index is -0.627. The molecule has 0 amide bonds. The van der Waals surface area contributed by atoms with Crippen molar-refractivity contribution in [1.29, 1.82) is 0 Å². The summed E-state index contributed by atoms with van der Waals surface area (Å²) in [5.74, 6) is 0. The molecule has 0 aliphatic rings. The zero-order valence-corrected chi connectivity index (χ0v) is 24.5. The quantitative estimate of drug-likeness (QED) is 0.206. The molecule has 3 heteroatoms. The van der Waals surface area contributed by atoms with Gasteiger partial charge < -0.3 is 0 Å². The van der Waals surface area contributed by atoms with Crippen molar-refractivity contribution in [2.24, 2.45) is 0 Å². The average Bonchev–Trinajstić information content (AvgIpc) is 2.74. The smallest absolute Gasteiger partial charge is 0.0614 e. The van der Waals surface area contributed by atoms with E-state index in [1.165, 1.54) is 22.3 Å². The fourth-order valence-electron chi connectivity index (χ4n) is 5.38. The molecule has 0 fully saturated rings. The first-order valence-corrected chi connectivity index (χ1v) is 15.6. The molecule has 0 bridgehead atoms. The number of hydrogen-bond donors (Lipinski definition) is 0. The van der Waals surface area contributed by atoms with Crippen molar-refractivity contribution in [3.8, 4) is 22.3 Å². The van der Waals surface area contributed by atoms with Gasteiger partial charge in [-0.25, -0.2) is 0 Å². The largest absolute Gasteiger partial charge is 0.0997 e. The van der Waals surface area contributed by atoms with Crippen LogP contribution in [0, 0.1) is 0 Å². The Morgan fingerprint density at radius 2 is 0.697 bits per heavy atom. The van der Waals surface area contributed by atoms with E-state index in [1.807, 2.05) is 0 Å². The maximum Gasteiger partial charge on any atom is 0.0997 e. The first-order chi connectivity index (χ1) is 15.2. The molecule has 180 valence electrons. The van der Waals surface area contributed by atoms with E-state index in [0.717, 1.165) is 22.6 Å². The molecule has 0 nitrogen and oxygen atoms in total. The Morgan fingerprint density at radius 3 is 0.970 bits per heavy atom. The van der Waals surface area contributed by atoms with Crippen LogP contribution in [0.1, 0.15) is 55.4 Å². The summed E-state index contributed by atoms with van der Waals surface area (Å²) in [6.07, 6.45) is 0. The molecule has 33 heavy (non-hydrogen) atoms. The maximum absolute atomic E-state index is 2.40. The van der Waals surface area contributed by atoms with Crippen LogP contribution in [-0.2, 0) is 16.5 Å². The van der Waals surface area contributed by atoms with Crippen LogP contribution in [-0.4, -0.2) is 22.6 Å². The van der Waals surface area contributed by atoms with Gasteiger partial charge in [0.1, 0.15) is 0 Å². The van der Waals surface area contributed by atoms with E-state index in [4.69, 9.17) is 0 Å². The van der Waals surface area contributed by atoms with Crippen molar-refractivity contribution < 1.29 is 16.5 Å². The van der Waals surface area contributed by atoms with E-state index in [0.29, 0.717) is 0 Å². The zero-order chi connectivity index (χ0) is 23.4. The average molecular weight is 523 g/mol. The minimum absolute atomic E-state index is 0. The molecule has 0 aliphatic carbocycles. The van der Waals surface area contributed by atoms with Crippen LogP contribution in [0.4, 0.5) is 0 Å². The Morgan fingerprint density at radius 1 is 0.424 bits per heavy atom. The zero-order valence-electron chi connectivity index (χ0n) is 21.6. The fourth-order valence-corrected chi connectivity index (χ4v) is 12.2. The molecule has 0 radical (unpaired) electrons. The van der Waals surface area contributed by atoms with Crippen LogP contribution in [0.25, 0.3) is 22.3 Å². The summed E-state index contributed by atoms with van der Waals surface area (Å²) in [6.45, 7) is 19.2. The van der Waals surface area contributed by atoms with E-state index < -0.39 is 15.8 Å². The molecular weight excluding hydrogens is 481 g/mol.